The number of benzene rings is 1. The Hall–Kier alpha value is -1.68. The molecule has 1 aromatic carbocycles. The molecular weight excluding hydrogens is 214 g/mol. The maximum Gasteiger partial charge on any atom is 0.223 e. The Kier molecular flexibility index (Phi) is 2.65. The standard InChI is InChI=1S/C13H15N3O/c1-9-15-13(16-17-9)12-8-14-7-11(12)10-5-3-2-4-6-10/h2-6,11-12,14H,7-8H2,1H3/t11-,12-/m1/s1. The SMILES string of the molecule is Cc1nc([C@@H]2CNC[C@@H]2c2ccccc2)no1. The van der Waals surface area contributed by atoms with E-state index in [0.717, 1.165) is 18.9 Å². The van der Waals surface area contributed by atoms with Gasteiger partial charge in [-0.15, -0.1) is 0 Å². The van der Waals surface area contributed by atoms with E-state index < -0.39 is 0 Å². The van der Waals surface area contributed by atoms with Crippen molar-refractivity contribution in [3.63, 3.8) is 0 Å². The molecule has 2 aromatic rings. The lowest BCUT2D eigenvalue weighted by atomic mass is 9.88. The fourth-order valence-electron chi connectivity index (χ4n) is 2.47. The Bertz CT molecular complexity index is 494. The largest absolute Gasteiger partial charge is 0.340 e. The van der Waals surface area contributed by atoms with E-state index >= 15 is 0 Å². The number of nitrogens with one attached hydrogen (secondary N) is 1. The first kappa shape index (κ1) is 10.5. The van der Waals surface area contributed by atoms with Crippen molar-refractivity contribution >= 4 is 0 Å². The fourth-order valence-corrected chi connectivity index (χ4v) is 2.47. The molecule has 0 unspecified atom stereocenters. The second-order valence-electron chi connectivity index (χ2n) is 4.45. The Labute approximate surface area is 100 Å². The zero-order chi connectivity index (χ0) is 11.7. The molecule has 1 N–H and O–H groups in total. The van der Waals surface area contributed by atoms with Crippen LogP contribution < -0.4 is 5.32 Å². The van der Waals surface area contributed by atoms with Crippen molar-refractivity contribution in [1.29, 1.82) is 0 Å². The van der Waals surface area contributed by atoms with Crippen LogP contribution in [0.2, 0.25) is 0 Å². The molecule has 2 atom stereocenters. The summed E-state index contributed by atoms with van der Waals surface area (Å²) in [7, 11) is 0. The minimum absolute atomic E-state index is 0.315. The molecule has 0 aliphatic carbocycles. The van der Waals surface area contributed by atoms with Crippen LogP contribution in [0.5, 0.6) is 0 Å². The second kappa shape index (κ2) is 4.30. The third-order valence-corrected chi connectivity index (χ3v) is 3.32. The molecule has 0 spiro atoms. The van der Waals surface area contributed by atoms with Crippen molar-refractivity contribution in [3.05, 3.63) is 47.6 Å². The van der Waals surface area contributed by atoms with Gasteiger partial charge in [0.1, 0.15) is 0 Å². The van der Waals surface area contributed by atoms with Crippen molar-refractivity contribution < 1.29 is 4.52 Å². The highest BCUT2D eigenvalue weighted by atomic mass is 16.5. The van der Waals surface area contributed by atoms with Crippen LogP contribution >= 0.6 is 0 Å². The predicted octanol–water partition coefficient (Wildman–Crippen LogP) is 1.85. The van der Waals surface area contributed by atoms with Gasteiger partial charge in [-0.3, -0.25) is 0 Å². The van der Waals surface area contributed by atoms with E-state index in [2.05, 4.69) is 39.7 Å². The Morgan fingerprint density at radius 3 is 2.65 bits per heavy atom. The minimum atomic E-state index is 0.315. The summed E-state index contributed by atoms with van der Waals surface area (Å²) in [5.74, 6) is 2.21. The van der Waals surface area contributed by atoms with Crippen molar-refractivity contribution in [2.45, 2.75) is 18.8 Å². The number of aromatic nitrogens is 2. The van der Waals surface area contributed by atoms with Crippen molar-refractivity contribution in [2.75, 3.05) is 13.1 Å². The molecular formula is C13H15N3O. The summed E-state index contributed by atoms with van der Waals surface area (Å²) in [6.07, 6.45) is 0. The van der Waals surface area contributed by atoms with Crippen LogP contribution in [0.3, 0.4) is 0 Å². The van der Waals surface area contributed by atoms with E-state index in [0.29, 0.717) is 17.7 Å². The lowest BCUT2D eigenvalue weighted by Gasteiger charge is -2.15. The van der Waals surface area contributed by atoms with E-state index in [1.165, 1.54) is 5.56 Å². The van der Waals surface area contributed by atoms with Crippen LogP contribution in [0, 0.1) is 6.92 Å². The Morgan fingerprint density at radius 2 is 1.94 bits per heavy atom. The van der Waals surface area contributed by atoms with Gasteiger partial charge in [0.2, 0.25) is 5.89 Å². The molecule has 4 heteroatoms. The molecule has 2 heterocycles. The summed E-state index contributed by atoms with van der Waals surface area (Å²) >= 11 is 0. The van der Waals surface area contributed by atoms with Gasteiger partial charge in [-0.25, -0.2) is 0 Å². The van der Waals surface area contributed by atoms with Crippen molar-refractivity contribution in [1.82, 2.24) is 15.5 Å². The van der Waals surface area contributed by atoms with Gasteiger partial charge in [0.05, 0.1) is 0 Å². The Morgan fingerprint density at radius 1 is 1.18 bits per heavy atom. The van der Waals surface area contributed by atoms with Crippen LogP contribution in [-0.2, 0) is 0 Å². The summed E-state index contributed by atoms with van der Waals surface area (Å²) in [6, 6.07) is 10.5. The van der Waals surface area contributed by atoms with Crippen molar-refractivity contribution in [3.8, 4) is 0 Å². The number of hydrogen-bond donors (Lipinski definition) is 1. The van der Waals surface area contributed by atoms with Crippen LogP contribution in [0.4, 0.5) is 0 Å². The molecule has 17 heavy (non-hydrogen) atoms. The van der Waals surface area contributed by atoms with Gasteiger partial charge < -0.3 is 9.84 Å². The normalized spacial score (nSPS) is 24.1. The maximum atomic E-state index is 5.07. The summed E-state index contributed by atoms with van der Waals surface area (Å²) in [5.41, 5.74) is 1.34. The molecule has 1 aliphatic rings. The first-order valence-corrected chi connectivity index (χ1v) is 5.90. The first-order valence-electron chi connectivity index (χ1n) is 5.90. The third kappa shape index (κ3) is 1.96. The molecule has 0 bridgehead atoms. The molecule has 0 saturated carbocycles. The predicted molar refractivity (Wildman–Crippen MR) is 63.8 cm³/mol. The fraction of sp³-hybridized carbons (Fsp3) is 0.385. The van der Waals surface area contributed by atoms with Crippen LogP contribution in [0.15, 0.2) is 34.9 Å². The highest BCUT2D eigenvalue weighted by Crippen LogP contribution is 2.34. The smallest absolute Gasteiger partial charge is 0.223 e. The zero-order valence-electron chi connectivity index (χ0n) is 9.76. The lowest BCUT2D eigenvalue weighted by Crippen LogP contribution is -2.10. The number of rotatable bonds is 2. The summed E-state index contributed by atoms with van der Waals surface area (Å²) in [6.45, 7) is 3.72. The van der Waals surface area contributed by atoms with Gasteiger partial charge in [0.25, 0.3) is 0 Å². The quantitative estimate of drug-likeness (QED) is 0.853. The van der Waals surface area contributed by atoms with Gasteiger partial charge in [-0.1, -0.05) is 35.5 Å². The highest BCUT2D eigenvalue weighted by Gasteiger charge is 2.32. The molecule has 0 radical (unpaired) electrons. The molecule has 1 aromatic heterocycles. The highest BCUT2D eigenvalue weighted by molar-refractivity contribution is 5.25. The molecule has 3 rings (SSSR count). The molecule has 88 valence electrons. The molecule has 4 nitrogen and oxygen atoms in total. The van der Waals surface area contributed by atoms with E-state index in [1.807, 2.05) is 13.0 Å². The first-order chi connectivity index (χ1) is 8.34. The van der Waals surface area contributed by atoms with Gasteiger partial charge in [0, 0.05) is 31.8 Å². The van der Waals surface area contributed by atoms with E-state index in [-0.39, 0.29) is 0 Å². The number of hydrogen-bond acceptors (Lipinski definition) is 4. The maximum absolute atomic E-state index is 5.07. The van der Waals surface area contributed by atoms with Crippen LogP contribution in [0.25, 0.3) is 0 Å². The molecule has 0 amide bonds. The van der Waals surface area contributed by atoms with Gasteiger partial charge in [0.15, 0.2) is 5.82 Å². The molecule has 1 saturated heterocycles. The van der Waals surface area contributed by atoms with Crippen LogP contribution in [-0.4, -0.2) is 23.2 Å². The van der Waals surface area contributed by atoms with Gasteiger partial charge in [-0.2, -0.15) is 4.98 Å². The van der Waals surface area contributed by atoms with E-state index in [1.54, 1.807) is 0 Å². The Balaban J connectivity index is 1.90. The van der Waals surface area contributed by atoms with E-state index in [4.69, 9.17) is 4.52 Å². The van der Waals surface area contributed by atoms with E-state index in [9.17, 15) is 0 Å². The summed E-state index contributed by atoms with van der Waals surface area (Å²) < 4.78 is 5.07. The van der Waals surface area contributed by atoms with Gasteiger partial charge in [-0.05, 0) is 5.56 Å². The zero-order valence-corrected chi connectivity index (χ0v) is 9.76. The molecule has 1 fully saturated rings. The van der Waals surface area contributed by atoms with Crippen LogP contribution in [0.1, 0.15) is 29.1 Å². The summed E-state index contributed by atoms with van der Waals surface area (Å²) in [5, 5.41) is 7.45. The second-order valence-corrected chi connectivity index (χ2v) is 4.45. The average molecular weight is 229 g/mol. The topological polar surface area (TPSA) is 51.0 Å². The van der Waals surface area contributed by atoms with Crippen molar-refractivity contribution in [2.24, 2.45) is 0 Å². The average Bonchev–Trinajstić information content (AvgIpc) is 2.98. The monoisotopic (exact) mass is 229 g/mol. The minimum Gasteiger partial charge on any atom is -0.340 e. The van der Waals surface area contributed by atoms with Gasteiger partial charge >= 0.3 is 0 Å². The number of nitrogens with zero attached hydrogens (tertiary/aromatic N) is 2. The third-order valence-electron chi connectivity index (χ3n) is 3.32. The summed E-state index contributed by atoms with van der Waals surface area (Å²) in [4.78, 5) is 4.35. The lowest BCUT2D eigenvalue weighted by molar-refractivity contribution is 0.382. The number of aryl methyl sites for hydroxylation is 1. The molecule has 1 aliphatic heterocycles.